The Hall–Kier alpha value is -3.22. The van der Waals surface area contributed by atoms with Gasteiger partial charge < -0.3 is 14.8 Å². The first-order chi connectivity index (χ1) is 11.2. The van der Waals surface area contributed by atoms with Gasteiger partial charge in [-0.25, -0.2) is 4.79 Å². The molecule has 1 amide bonds. The van der Waals surface area contributed by atoms with Crippen LogP contribution in [0.25, 0.3) is 10.9 Å². The molecule has 0 saturated carbocycles. The highest BCUT2D eigenvalue weighted by molar-refractivity contribution is 5.84. The molecule has 0 unspecified atom stereocenters. The molecule has 1 aromatic heterocycles. The molecule has 7 heteroatoms. The highest BCUT2D eigenvalue weighted by Gasteiger charge is 2.15. The molecule has 0 bridgehead atoms. The smallest absolute Gasteiger partial charge is 0.343 e. The fraction of sp³-hybridized carbons (Fsp3) is 0.125. The first kappa shape index (κ1) is 13.4. The van der Waals surface area contributed by atoms with Crippen molar-refractivity contribution in [3.63, 3.8) is 0 Å². The van der Waals surface area contributed by atoms with Crippen molar-refractivity contribution >= 4 is 16.9 Å². The van der Waals surface area contributed by atoms with E-state index in [0.29, 0.717) is 22.4 Å². The number of amides is 1. The minimum Gasteiger partial charge on any atom is -0.454 e. The van der Waals surface area contributed by atoms with Gasteiger partial charge in [0.1, 0.15) is 0 Å². The maximum atomic E-state index is 12.2. The number of para-hydroxylation sites is 1. The van der Waals surface area contributed by atoms with E-state index in [0.717, 1.165) is 10.2 Å². The summed E-state index contributed by atoms with van der Waals surface area (Å²) in [5.41, 5.74) is 1.10. The van der Waals surface area contributed by atoms with Gasteiger partial charge >= 0.3 is 6.03 Å². The Morgan fingerprint density at radius 2 is 2.00 bits per heavy atom. The molecule has 3 aromatic rings. The molecule has 1 aliphatic heterocycles. The lowest BCUT2D eigenvalue weighted by atomic mass is 10.2. The van der Waals surface area contributed by atoms with E-state index in [2.05, 4.69) is 10.4 Å². The van der Waals surface area contributed by atoms with Gasteiger partial charge in [0, 0.05) is 6.54 Å². The monoisotopic (exact) mass is 311 g/mol. The first-order valence-corrected chi connectivity index (χ1v) is 7.09. The predicted octanol–water partition coefficient (Wildman–Crippen LogP) is 1.82. The Morgan fingerprint density at radius 3 is 2.87 bits per heavy atom. The van der Waals surface area contributed by atoms with E-state index in [1.165, 1.54) is 0 Å². The van der Waals surface area contributed by atoms with Crippen molar-refractivity contribution in [2.75, 3.05) is 6.79 Å². The van der Waals surface area contributed by atoms with Crippen LogP contribution in [0.5, 0.6) is 11.5 Å². The summed E-state index contributed by atoms with van der Waals surface area (Å²) in [7, 11) is 0. The first-order valence-electron chi connectivity index (χ1n) is 7.09. The van der Waals surface area contributed by atoms with Crippen LogP contribution in [0.1, 0.15) is 5.56 Å². The topological polar surface area (TPSA) is 85.3 Å². The average Bonchev–Trinajstić information content (AvgIpc) is 3.17. The van der Waals surface area contributed by atoms with Gasteiger partial charge in [-0.2, -0.15) is 4.68 Å². The molecule has 0 atom stereocenters. The molecule has 2 heterocycles. The van der Waals surface area contributed by atoms with Gasteiger partial charge in [-0.15, -0.1) is 0 Å². The number of fused-ring (bicyclic) bond motifs is 2. The van der Waals surface area contributed by atoms with Crippen molar-refractivity contribution < 1.29 is 14.3 Å². The van der Waals surface area contributed by atoms with Gasteiger partial charge in [-0.1, -0.05) is 18.2 Å². The number of hydrogen-bond donors (Lipinski definition) is 2. The third-order valence-corrected chi connectivity index (χ3v) is 3.68. The molecule has 23 heavy (non-hydrogen) atoms. The van der Waals surface area contributed by atoms with Crippen LogP contribution in [0, 0.1) is 0 Å². The van der Waals surface area contributed by atoms with Crippen molar-refractivity contribution in [3.05, 3.63) is 58.4 Å². The molecule has 116 valence electrons. The lowest BCUT2D eigenvalue weighted by Gasteiger charge is -2.06. The number of rotatable bonds is 2. The molecule has 7 nitrogen and oxygen atoms in total. The zero-order valence-corrected chi connectivity index (χ0v) is 12.0. The summed E-state index contributed by atoms with van der Waals surface area (Å²) in [6, 6.07) is 11.9. The quantitative estimate of drug-likeness (QED) is 0.756. The number of carbonyl (C=O) groups is 1. The second kappa shape index (κ2) is 5.20. The van der Waals surface area contributed by atoms with Crippen LogP contribution in [0.2, 0.25) is 0 Å². The van der Waals surface area contributed by atoms with Crippen LogP contribution < -0.4 is 20.3 Å². The molecule has 2 aromatic carbocycles. The average molecular weight is 311 g/mol. The van der Waals surface area contributed by atoms with Gasteiger partial charge in [0.05, 0.1) is 10.9 Å². The zero-order valence-electron chi connectivity index (χ0n) is 12.0. The predicted molar refractivity (Wildman–Crippen MR) is 82.8 cm³/mol. The fourth-order valence-electron chi connectivity index (χ4n) is 2.51. The van der Waals surface area contributed by atoms with Gasteiger partial charge in [0.2, 0.25) is 6.79 Å². The molecule has 0 saturated heterocycles. The third kappa shape index (κ3) is 2.32. The summed E-state index contributed by atoms with van der Waals surface area (Å²) in [4.78, 5) is 24.4. The SMILES string of the molecule is O=C(NCc1ccc2c(c1)OCO2)n1[nH]c2ccccc2c1=O. The van der Waals surface area contributed by atoms with Crippen molar-refractivity contribution in [1.82, 2.24) is 15.1 Å². The van der Waals surface area contributed by atoms with Gasteiger partial charge in [-0.05, 0) is 29.8 Å². The van der Waals surface area contributed by atoms with Gasteiger partial charge in [0.15, 0.2) is 11.5 Å². The molecule has 1 aliphatic rings. The third-order valence-electron chi connectivity index (χ3n) is 3.68. The number of carbonyl (C=O) groups excluding carboxylic acids is 1. The fourth-order valence-corrected chi connectivity index (χ4v) is 2.51. The Kier molecular flexibility index (Phi) is 3.04. The molecule has 4 rings (SSSR count). The Labute approximate surface area is 130 Å². The van der Waals surface area contributed by atoms with Crippen molar-refractivity contribution in [1.29, 1.82) is 0 Å². The number of aromatic nitrogens is 2. The maximum absolute atomic E-state index is 12.2. The van der Waals surface area contributed by atoms with Crippen LogP contribution in [-0.2, 0) is 6.54 Å². The van der Waals surface area contributed by atoms with Gasteiger partial charge in [0.25, 0.3) is 5.56 Å². The number of ether oxygens (including phenoxy) is 2. The highest BCUT2D eigenvalue weighted by atomic mass is 16.7. The number of nitrogens with zero attached hydrogens (tertiary/aromatic N) is 1. The second-order valence-corrected chi connectivity index (χ2v) is 5.14. The summed E-state index contributed by atoms with van der Waals surface area (Å²) in [6.07, 6.45) is 0. The molecular weight excluding hydrogens is 298 g/mol. The number of aromatic amines is 1. The van der Waals surface area contributed by atoms with Crippen molar-refractivity contribution in [2.24, 2.45) is 0 Å². The molecule has 0 radical (unpaired) electrons. The lowest BCUT2D eigenvalue weighted by molar-refractivity contribution is 0.174. The van der Waals surface area contributed by atoms with E-state index in [-0.39, 0.29) is 18.9 Å². The zero-order chi connectivity index (χ0) is 15.8. The second-order valence-electron chi connectivity index (χ2n) is 5.14. The maximum Gasteiger partial charge on any atom is 0.343 e. The van der Waals surface area contributed by atoms with Crippen LogP contribution in [-0.4, -0.2) is 22.6 Å². The standard InChI is InChI=1S/C16H13N3O4/c20-15-11-3-1-2-4-12(11)18-19(15)16(21)17-8-10-5-6-13-14(7-10)23-9-22-13/h1-7,18H,8-9H2,(H,17,21). The number of hydrogen-bond acceptors (Lipinski definition) is 4. The Morgan fingerprint density at radius 1 is 1.17 bits per heavy atom. The minimum absolute atomic E-state index is 0.204. The molecule has 0 spiro atoms. The van der Waals surface area contributed by atoms with E-state index < -0.39 is 6.03 Å². The van der Waals surface area contributed by atoms with E-state index in [4.69, 9.17) is 9.47 Å². The van der Waals surface area contributed by atoms with Crippen molar-refractivity contribution in [3.8, 4) is 11.5 Å². The summed E-state index contributed by atoms with van der Waals surface area (Å²) >= 11 is 0. The van der Waals surface area contributed by atoms with E-state index >= 15 is 0 Å². The molecule has 0 aliphatic carbocycles. The van der Waals surface area contributed by atoms with Crippen molar-refractivity contribution in [2.45, 2.75) is 6.54 Å². The van der Waals surface area contributed by atoms with Crippen LogP contribution in [0.15, 0.2) is 47.3 Å². The molecular formula is C16H13N3O4. The summed E-state index contributed by atoms with van der Waals surface area (Å²) in [5, 5.41) is 5.97. The number of benzene rings is 2. The highest BCUT2D eigenvalue weighted by Crippen LogP contribution is 2.32. The normalized spacial score (nSPS) is 12.5. The number of nitrogens with one attached hydrogen (secondary N) is 2. The Bertz CT molecular complexity index is 957. The van der Waals surface area contributed by atoms with E-state index in [1.54, 1.807) is 36.4 Å². The van der Waals surface area contributed by atoms with Crippen LogP contribution in [0.4, 0.5) is 4.79 Å². The summed E-state index contributed by atoms with van der Waals surface area (Å²) < 4.78 is 11.5. The van der Waals surface area contributed by atoms with Gasteiger partial charge in [-0.3, -0.25) is 9.89 Å². The van der Waals surface area contributed by atoms with E-state index in [9.17, 15) is 9.59 Å². The molecule has 0 fully saturated rings. The lowest BCUT2D eigenvalue weighted by Crippen LogP contribution is -2.35. The number of H-pyrrole nitrogens is 1. The minimum atomic E-state index is -0.510. The summed E-state index contributed by atoms with van der Waals surface area (Å²) in [6.45, 7) is 0.479. The Balaban J connectivity index is 1.53. The van der Waals surface area contributed by atoms with Crippen LogP contribution >= 0.6 is 0 Å². The largest absolute Gasteiger partial charge is 0.454 e. The molecule has 2 N–H and O–H groups in total. The van der Waals surface area contributed by atoms with E-state index in [1.807, 2.05) is 6.07 Å². The van der Waals surface area contributed by atoms with Crippen LogP contribution in [0.3, 0.4) is 0 Å². The summed E-state index contributed by atoms with van der Waals surface area (Å²) in [5.74, 6) is 1.34.